The molecule has 106 valence electrons. The Morgan fingerprint density at radius 3 is 2.25 bits per heavy atom. The van der Waals surface area contributed by atoms with Crippen LogP contribution in [0.3, 0.4) is 0 Å². The molecule has 0 atom stereocenters. The third-order valence-corrected chi connectivity index (χ3v) is 3.25. The second-order valence-corrected chi connectivity index (χ2v) is 4.81. The SMILES string of the molecule is Cc1ccccc1COc1ccc([B-](F)(F)F)c(C)c1. The van der Waals surface area contributed by atoms with E-state index in [9.17, 15) is 12.9 Å². The predicted octanol–water partition coefficient (Wildman–Crippen LogP) is 3.94. The van der Waals surface area contributed by atoms with Crippen LogP contribution in [0.5, 0.6) is 5.75 Å². The van der Waals surface area contributed by atoms with Gasteiger partial charge in [-0.15, -0.1) is 5.46 Å². The topological polar surface area (TPSA) is 9.23 Å². The lowest BCUT2D eigenvalue weighted by atomic mass is 9.77. The Kier molecular flexibility index (Phi) is 4.07. The van der Waals surface area contributed by atoms with E-state index in [4.69, 9.17) is 4.74 Å². The van der Waals surface area contributed by atoms with Crippen molar-refractivity contribution in [1.82, 2.24) is 0 Å². The fraction of sp³-hybridized carbons (Fsp3) is 0.200. The second-order valence-electron chi connectivity index (χ2n) is 4.81. The summed E-state index contributed by atoms with van der Waals surface area (Å²) >= 11 is 0. The van der Waals surface area contributed by atoms with Gasteiger partial charge in [0.15, 0.2) is 0 Å². The van der Waals surface area contributed by atoms with Gasteiger partial charge in [0.1, 0.15) is 12.4 Å². The van der Waals surface area contributed by atoms with E-state index in [1.54, 1.807) is 0 Å². The number of hydrogen-bond donors (Lipinski definition) is 0. The lowest BCUT2D eigenvalue weighted by molar-refractivity contribution is 0.305. The molecule has 0 heterocycles. The van der Waals surface area contributed by atoms with Crippen LogP contribution < -0.4 is 10.2 Å². The number of rotatable bonds is 4. The molecule has 0 aliphatic heterocycles. The molecule has 0 amide bonds. The molecule has 0 aliphatic carbocycles. The van der Waals surface area contributed by atoms with Gasteiger partial charge in [0.05, 0.1) is 0 Å². The highest BCUT2D eigenvalue weighted by molar-refractivity contribution is 6.74. The first-order valence-corrected chi connectivity index (χ1v) is 6.36. The number of halogens is 3. The molecule has 5 heteroatoms. The quantitative estimate of drug-likeness (QED) is 0.770. The average molecular weight is 279 g/mol. The van der Waals surface area contributed by atoms with Crippen molar-refractivity contribution in [3.63, 3.8) is 0 Å². The molecule has 0 saturated carbocycles. The Morgan fingerprint density at radius 1 is 0.950 bits per heavy atom. The Bertz CT molecular complexity index is 608. The largest absolute Gasteiger partial charge is 0.509 e. The fourth-order valence-electron chi connectivity index (χ4n) is 2.04. The molecule has 0 fully saturated rings. The fourth-order valence-corrected chi connectivity index (χ4v) is 2.04. The van der Waals surface area contributed by atoms with Crippen LogP contribution in [0.2, 0.25) is 0 Å². The maximum absolute atomic E-state index is 12.7. The Morgan fingerprint density at radius 2 is 1.65 bits per heavy atom. The molecule has 1 nitrogen and oxygen atoms in total. The van der Waals surface area contributed by atoms with E-state index < -0.39 is 12.4 Å². The standard InChI is InChI=1S/C15H15BF3O/c1-11-5-3-4-6-13(11)10-20-14-7-8-15(12(2)9-14)16(17,18)19/h3-9H,10H2,1-2H3/q-1. The van der Waals surface area contributed by atoms with Crippen LogP contribution in [0.25, 0.3) is 0 Å². The van der Waals surface area contributed by atoms with Gasteiger partial charge >= 0.3 is 6.98 Å². The molecule has 2 rings (SSSR count). The first-order valence-electron chi connectivity index (χ1n) is 6.36. The van der Waals surface area contributed by atoms with Crippen molar-refractivity contribution in [2.75, 3.05) is 0 Å². The molecule has 0 aromatic heterocycles. The highest BCUT2D eigenvalue weighted by Crippen LogP contribution is 2.19. The molecule has 0 aliphatic rings. The zero-order valence-electron chi connectivity index (χ0n) is 11.4. The number of aryl methyl sites for hydroxylation is 2. The van der Waals surface area contributed by atoms with E-state index in [-0.39, 0.29) is 5.56 Å². The Labute approximate surface area is 116 Å². The summed E-state index contributed by atoms with van der Waals surface area (Å²) in [7, 11) is 0. The number of ether oxygens (including phenoxy) is 1. The van der Waals surface area contributed by atoms with Gasteiger partial charge in [-0.05, 0) is 37.1 Å². The maximum Gasteiger partial charge on any atom is 0.509 e. The van der Waals surface area contributed by atoms with Crippen LogP contribution in [-0.4, -0.2) is 6.98 Å². The van der Waals surface area contributed by atoms with Crippen molar-refractivity contribution in [1.29, 1.82) is 0 Å². The molecule has 0 unspecified atom stereocenters. The second kappa shape index (κ2) is 5.61. The molecule has 0 radical (unpaired) electrons. The van der Waals surface area contributed by atoms with Crippen LogP contribution in [0.4, 0.5) is 12.9 Å². The minimum Gasteiger partial charge on any atom is -0.489 e. The van der Waals surface area contributed by atoms with Crippen LogP contribution in [0.15, 0.2) is 42.5 Å². The third-order valence-electron chi connectivity index (χ3n) is 3.25. The smallest absolute Gasteiger partial charge is 0.489 e. The van der Waals surface area contributed by atoms with Crippen molar-refractivity contribution < 1.29 is 17.7 Å². The predicted molar refractivity (Wildman–Crippen MR) is 75.4 cm³/mol. The zero-order valence-corrected chi connectivity index (χ0v) is 11.4. The lowest BCUT2D eigenvalue weighted by Gasteiger charge is -2.18. The van der Waals surface area contributed by atoms with Crippen molar-refractivity contribution in [2.24, 2.45) is 0 Å². The van der Waals surface area contributed by atoms with E-state index in [1.165, 1.54) is 19.1 Å². The van der Waals surface area contributed by atoms with Crippen molar-refractivity contribution >= 4 is 12.4 Å². The van der Waals surface area contributed by atoms with Crippen LogP contribution >= 0.6 is 0 Å². The van der Waals surface area contributed by atoms with E-state index in [1.807, 2.05) is 31.2 Å². The minimum atomic E-state index is -4.96. The molecular weight excluding hydrogens is 264 g/mol. The first-order chi connectivity index (χ1) is 9.38. The molecule has 0 N–H and O–H groups in total. The summed E-state index contributed by atoms with van der Waals surface area (Å²) in [5.74, 6) is 0.453. The molecule has 2 aromatic rings. The summed E-state index contributed by atoms with van der Waals surface area (Å²) in [6.07, 6.45) is 0. The van der Waals surface area contributed by atoms with Crippen LogP contribution in [0, 0.1) is 13.8 Å². The molecular formula is C15H15BF3O-. The van der Waals surface area contributed by atoms with Gasteiger partial charge in [0.25, 0.3) is 0 Å². The van der Waals surface area contributed by atoms with Crippen LogP contribution in [0.1, 0.15) is 16.7 Å². The zero-order chi connectivity index (χ0) is 14.8. The number of hydrogen-bond acceptors (Lipinski definition) is 1. The van der Waals surface area contributed by atoms with Gasteiger partial charge in [-0.2, -0.15) is 0 Å². The van der Waals surface area contributed by atoms with Crippen LogP contribution in [-0.2, 0) is 6.61 Å². The maximum atomic E-state index is 12.7. The van der Waals surface area contributed by atoms with Crippen molar-refractivity contribution in [2.45, 2.75) is 20.5 Å². The normalized spacial score (nSPS) is 11.4. The third kappa shape index (κ3) is 3.35. The van der Waals surface area contributed by atoms with Gasteiger partial charge in [-0.25, -0.2) is 0 Å². The molecule has 0 spiro atoms. The lowest BCUT2D eigenvalue weighted by Crippen LogP contribution is -2.35. The minimum absolute atomic E-state index is 0.194. The van der Waals surface area contributed by atoms with Crippen molar-refractivity contribution in [3.8, 4) is 5.75 Å². The summed E-state index contributed by atoms with van der Waals surface area (Å²) in [6.45, 7) is -1.19. The summed E-state index contributed by atoms with van der Waals surface area (Å²) in [4.78, 5) is 0. The highest BCUT2D eigenvalue weighted by Gasteiger charge is 2.27. The summed E-state index contributed by atoms with van der Waals surface area (Å²) in [5, 5.41) is 0. The van der Waals surface area contributed by atoms with Crippen molar-refractivity contribution in [3.05, 3.63) is 59.2 Å². The van der Waals surface area contributed by atoms with E-state index in [0.717, 1.165) is 17.2 Å². The molecule has 2 aromatic carbocycles. The first kappa shape index (κ1) is 14.5. The Balaban J connectivity index is 2.12. The summed E-state index contributed by atoms with van der Waals surface area (Å²) in [6, 6.07) is 11.6. The van der Waals surface area contributed by atoms with Gasteiger partial charge in [0, 0.05) is 0 Å². The van der Waals surface area contributed by atoms with E-state index >= 15 is 0 Å². The highest BCUT2D eigenvalue weighted by atomic mass is 19.4. The van der Waals surface area contributed by atoms with Gasteiger partial charge in [0.2, 0.25) is 0 Å². The molecule has 20 heavy (non-hydrogen) atoms. The molecule has 0 bridgehead atoms. The monoisotopic (exact) mass is 279 g/mol. The van der Waals surface area contributed by atoms with E-state index in [2.05, 4.69) is 0 Å². The van der Waals surface area contributed by atoms with Gasteiger partial charge in [-0.1, -0.05) is 35.9 Å². The average Bonchev–Trinajstić information content (AvgIpc) is 2.36. The summed E-state index contributed by atoms with van der Waals surface area (Å²) in [5.41, 5.74) is 1.75. The molecule has 0 saturated heterocycles. The van der Waals surface area contributed by atoms with Gasteiger partial charge in [-0.3, -0.25) is 0 Å². The Hall–Kier alpha value is -1.91. The number of benzene rings is 2. The van der Waals surface area contributed by atoms with Gasteiger partial charge < -0.3 is 17.7 Å². The summed E-state index contributed by atoms with van der Waals surface area (Å²) < 4.78 is 43.7. The van der Waals surface area contributed by atoms with E-state index in [0.29, 0.717) is 12.4 Å².